The molecule has 1 aliphatic heterocycles. The van der Waals surface area contributed by atoms with Gasteiger partial charge < -0.3 is 5.32 Å². The van der Waals surface area contributed by atoms with Crippen LogP contribution >= 0.6 is 11.8 Å². The monoisotopic (exact) mass is 411 g/mol. The lowest BCUT2D eigenvalue weighted by Gasteiger charge is -2.08. The second kappa shape index (κ2) is 9.33. The van der Waals surface area contributed by atoms with Gasteiger partial charge in [-0.3, -0.25) is 19.9 Å². The van der Waals surface area contributed by atoms with E-state index in [0.717, 1.165) is 29.4 Å². The van der Waals surface area contributed by atoms with Crippen molar-refractivity contribution in [3.63, 3.8) is 0 Å². The number of carbonyl (C=O) groups excluding carboxylic acids is 1. The zero-order valence-electron chi connectivity index (χ0n) is 16.1. The van der Waals surface area contributed by atoms with Gasteiger partial charge in [0.15, 0.2) is 5.17 Å². The zero-order valence-corrected chi connectivity index (χ0v) is 16.9. The van der Waals surface area contributed by atoms with Gasteiger partial charge >= 0.3 is 0 Å². The summed E-state index contributed by atoms with van der Waals surface area (Å²) in [4.78, 5) is 27.0. The molecule has 29 heavy (non-hydrogen) atoms. The van der Waals surface area contributed by atoms with Gasteiger partial charge in [0.2, 0.25) is 0 Å². The summed E-state index contributed by atoms with van der Waals surface area (Å²) in [5, 5.41) is 19.7. The third-order valence-corrected chi connectivity index (χ3v) is 5.64. The van der Waals surface area contributed by atoms with Crippen LogP contribution < -0.4 is 10.7 Å². The van der Waals surface area contributed by atoms with Crippen molar-refractivity contribution in [2.45, 2.75) is 25.5 Å². The topological polar surface area (TPSA) is 109 Å². The zero-order chi connectivity index (χ0) is 20.8. The number of hydrazone groups is 1. The van der Waals surface area contributed by atoms with E-state index in [-0.39, 0.29) is 11.3 Å². The average Bonchev–Trinajstić information content (AvgIpc) is 3.20. The molecule has 1 aliphatic rings. The van der Waals surface area contributed by atoms with Gasteiger partial charge in [-0.25, -0.2) is 5.43 Å². The van der Waals surface area contributed by atoms with E-state index in [2.05, 4.69) is 27.8 Å². The maximum atomic E-state index is 12.2. The Morgan fingerprint density at radius 2 is 2.03 bits per heavy atom. The van der Waals surface area contributed by atoms with E-state index in [1.807, 2.05) is 24.3 Å². The van der Waals surface area contributed by atoms with Gasteiger partial charge in [-0.2, -0.15) is 5.10 Å². The molecule has 0 spiro atoms. The third kappa shape index (κ3) is 5.41. The van der Waals surface area contributed by atoms with Crippen LogP contribution in [0.4, 0.5) is 11.4 Å². The van der Waals surface area contributed by atoms with E-state index >= 15 is 0 Å². The van der Waals surface area contributed by atoms with Crippen molar-refractivity contribution < 1.29 is 9.72 Å². The predicted octanol–water partition coefficient (Wildman–Crippen LogP) is 4.04. The molecule has 9 heteroatoms. The van der Waals surface area contributed by atoms with E-state index < -0.39 is 10.8 Å². The molecule has 0 bridgehead atoms. The summed E-state index contributed by atoms with van der Waals surface area (Å²) >= 11 is 1.75. The lowest BCUT2D eigenvalue weighted by molar-refractivity contribution is -0.384. The number of amidine groups is 1. The molecule has 2 aromatic rings. The number of thioether (sulfide) groups is 1. The summed E-state index contributed by atoms with van der Waals surface area (Å²) in [5.41, 5.74) is 4.87. The summed E-state index contributed by atoms with van der Waals surface area (Å²) < 4.78 is 0. The van der Waals surface area contributed by atoms with Crippen LogP contribution in [0, 0.1) is 10.1 Å². The van der Waals surface area contributed by atoms with Gasteiger partial charge in [0, 0.05) is 28.6 Å². The molecule has 0 aromatic heterocycles. The lowest BCUT2D eigenvalue weighted by atomic mass is 10.1. The number of hydrogen-bond donors (Lipinski definition) is 2. The molecule has 0 radical (unpaired) electrons. The Morgan fingerprint density at radius 3 is 2.69 bits per heavy atom. The average molecular weight is 411 g/mol. The van der Waals surface area contributed by atoms with E-state index in [1.165, 1.54) is 24.3 Å². The number of anilines is 1. The second-order valence-electron chi connectivity index (χ2n) is 6.44. The molecule has 0 aliphatic carbocycles. The summed E-state index contributed by atoms with van der Waals surface area (Å²) in [6.07, 6.45) is 1.09. The van der Waals surface area contributed by atoms with E-state index in [0.29, 0.717) is 11.0 Å². The standard InChI is InChI=1S/C20H21N5O3S/c1-3-18-12-21-20(29-18)22-16-9-7-14(8-10-16)13(2)23-24-19(26)15-5-4-6-17(11-15)25(27)28/h4-11,18H,3,12H2,1-2H3,(H,21,22)(H,24,26)/b23-13-/t18-/m1/s1. The second-order valence-corrected chi connectivity index (χ2v) is 7.73. The normalized spacial score (nSPS) is 16.3. The van der Waals surface area contributed by atoms with Crippen LogP contribution in [0.25, 0.3) is 0 Å². The first kappa shape index (κ1) is 20.5. The van der Waals surface area contributed by atoms with E-state index in [1.54, 1.807) is 18.7 Å². The number of nitro benzene ring substituents is 1. The highest BCUT2D eigenvalue weighted by molar-refractivity contribution is 8.15. The number of nitrogens with zero attached hydrogens (tertiary/aromatic N) is 3. The molecule has 2 N–H and O–H groups in total. The van der Waals surface area contributed by atoms with E-state index in [9.17, 15) is 14.9 Å². The molecule has 1 heterocycles. The van der Waals surface area contributed by atoms with Crippen LogP contribution in [0.2, 0.25) is 0 Å². The predicted molar refractivity (Wildman–Crippen MR) is 117 cm³/mol. The summed E-state index contributed by atoms with van der Waals surface area (Å²) in [6, 6.07) is 13.2. The number of amides is 1. The molecule has 8 nitrogen and oxygen atoms in total. The Hall–Kier alpha value is -3.20. The molecule has 150 valence electrons. The Balaban J connectivity index is 1.60. The molecule has 0 saturated carbocycles. The number of non-ortho nitro benzene ring substituents is 1. The minimum atomic E-state index is -0.543. The van der Waals surface area contributed by atoms with Crippen LogP contribution in [-0.2, 0) is 0 Å². The maximum Gasteiger partial charge on any atom is 0.271 e. The fourth-order valence-corrected chi connectivity index (χ4v) is 3.60. The number of carbonyl (C=O) groups is 1. The highest BCUT2D eigenvalue weighted by atomic mass is 32.2. The van der Waals surface area contributed by atoms with E-state index in [4.69, 9.17) is 0 Å². The van der Waals surface area contributed by atoms with Gasteiger partial charge in [0.1, 0.15) is 0 Å². The molecular weight excluding hydrogens is 390 g/mol. The number of hydrogen-bond acceptors (Lipinski definition) is 7. The van der Waals surface area contributed by atoms with Crippen molar-refractivity contribution in [2.75, 3.05) is 11.9 Å². The van der Waals surface area contributed by atoms with Crippen LogP contribution in [0.5, 0.6) is 0 Å². The number of nitro groups is 1. The van der Waals surface area contributed by atoms with Crippen LogP contribution in [0.1, 0.15) is 36.2 Å². The van der Waals surface area contributed by atoms with Crippen molar-refractivity contribution in [1.29, 1.82) is 0 Å². The molecule has 0 unspecified atom stereocenters. The van der Waals surface area contributed by atoms with Gasteiger partial charge in [0.05, 0.1) is 17.2 Å². The number of nitrogens with one attached hydrogen (secondary N) is 2. The van der Waals surface area contributed by atoms with Crippen LogP contribution in [0.3, 0.4) is 0 Å². The van der Waals surface area contributed by atoms with Gasteiger partial charge in [-0.1, -0.05) is 36.9 Å². The van der Waals surface area contributed by atoms with Crippen molar-refractivity contribution in [2.24, 2.45) is 10.1 Å². The molecule has 2 aromatic carbocycles. The Labute approximate surface area is 172 Å². The molecule has 3 rings (SSSR count). The summed E-state index contributed by atoms with van der Waals surface area (Å²) in [5.74, 6) is -0.506. The summed E-state index contributed by atoms with van der Waals surface area (Å²) in [6.45, 7) is 4.78. The SMILES string of the molecule is CC[C@@H]1CN=C(Nc2ccc(/C(C)=N\NC(=O)c3cccc([N+](=O)[O-])c3)cc2)S1. The fraction of sp³-hybridized carbons (Fsp3) is 0.250. The number of benzene rings is 2. The lowest BCUT2D eigenvalue weighted by Crippen LogP contribution is -2.19. The highest BCUT2D eigenvalue weighted by Gasteiger charge is 2.17. The van der Waals surface area contributed by atoms with Gasteiger partial charge in [-0.05, 0) is 37.1 Å². The Bertz CT molecular complexity index is 972. The van der Waals surface area contributed by atoms with Gasteiger partial charge in [-0.15, -0.1) is 0 Å². The van der Waals surface area contributed by atoms with Gasteiger partial charge in [0.25, 0.3) is 11.6 Å². The first-order valence-electron chi connectivity index (χ1n) is 9.14. The van der Waals surface area contributed by atoms with Crippen molar-refractivity contribution in [3.05, 3.63) is 69.8 Å². The minimum Gasteiger partial charge on any atom is -0.335 e. The largest absolute Gasteiger partial charge is 0.335 e. The first-order chi connectivity index (χ1) is 14.0. The van der Waals surface area contributed by atoms with Crippen molar-refractivity contribution in [3.8, 4) is 0 Å². The van der Waals surface area contributed by atoms with Crippen LogP contribution in [0.15, 0.2) is 58.6 Å². The number of aliphatic imine (C=N–C) groups is 1. The molecule has 0 fully saturated rings. The summed E-state index contributed by atoms with van der Waals surface area (Å²) in [7, 11) is 0. The van der Waals surface area contributed by atoms with Crippen molar-refractivity contribution in [1.82, 2.24) is 5.43 Å². The molecule has 0 saturated heterocycles. The van der Waals surface area contributed by atoms with Crippen molar-refractivity contribution >= 4 is 39.9 Å². The minimum absolute atomic E-state index is 0.142. The molecule has 1 atom stereocenters. The third-order valence-electron chi connectivity index (χ3n) is 4.37. The number of rotatable bonds is 6. The smallest absolute Gasteiger partial charge is 0.271 e. The molecule has 1 amide bonds. The maximum absolute atomic E-state index is 12.2. The fourth-order valence-electron chi connectivity index (χ4n) is 2.64. The molecular formula is C20H21N5O3S. The Kier molecular flexibility index (Phi) is 6.61. The van der Waals surface area contributed by atoms with Crippen LogP contribution in [-0.4, -0.2) is 33.5 Å². The first-order valence-corrected chi connectivity index (χ1v) is 10.0. The quantitative estimate of drug-likeness (QED) is 0.423. The highest BCUT2D eigenvalue weighted by Crippen LogP contribution is 2.24. The Morgan fingerprint density at radius 1 is 1.28 bits per heavy atom.